The summed E-state index contributed by atoms with van der Waals surface area (Å²) in [4.78, 5) is 28.1. The maximum atomic E-state index is 12.2. The molecule has 1 heterocycles. The largest absolute Gasteiger partial charge is 0.449 e. The van der Waals surface area contributed by atoms with Crippen LogP contribution >= 0.6 is 15.9 Å². The normalized spacial score (nSPS) is 11.7. The van der Waals surface area contributed by atoms with Crippen LogP contribution in [0.15, 0.2) is 41.1 Å². The lowest BCUT2D eigenvalue weighted by atomic mass is 10.1. The zero-order valence-electron chi connectivity index (χ0n) is 13.1. The maximum Gasteiger partial charge on any atom is 0.340 e. The average Bonchev–Trinajstić information content (AvgIpc) is 2.49. The number of hydrogen-bond donors (Lipinski definition) is 1. The van der Waals surface area contributed by atoms with Gasteiger partial charge in [-0.15, -0.1) is 0 Å². The van der Waals surface area contributed by atoms with Gasteiger partial charge in [-0.25, -0.2) is 4.79 Å². The number of nitrogens with one attached hydrogen (secondary N) is 1. The molecule has 2 aromatic rings. The molecule has 1 N–H and O–H groups in total. The summed E-state index contributed by atoms with van der Waals surface area (Å²) in [6.07, 6.45) is 2.04. The zero-order chi connectivity index (χ0) is 17.0. The van der Waals surface area contributed by atoms with Gasteiger partial charge >= 0.3 is 5.97 Å². The molecule has 0 saturated heterocycles. The van der Waals surface area contributed by atoms with Crippen LogP contribution in [0.3, 0.4) is 0 Å². The van der Waals surface area contributed by atoms with Crippen molar-refractivity contribution in [1.29, 1.82) is 0 Å². The number of anilines is 1. The molecule has 0 saturated carbocycles. The molecule has 5 nitrogen and oxygen atoms in total. The number of benzene rings is 1. The summed E-state index contributed by atoms with van der Waals surface area (Å²) in [6.45, 7) is 5.42. The first-order chi connectivity index (χ1) is 10.9. The lowest BCUT2D eigenvalue weighted by molar-refractivity contribution is -0.123. The number of esters is 1. The Bertz CT molecular complexity index is 746. The summed E-state index contributed by atoms with van der Waals surface area (Å²) in [5.41, 5.74) is 3.05. The van der Waals surface area contributed by atoms with Crippen LogP contribution in [-0.2, 0) is 9.53 Å². The minimum absolute atomic E-state index is 0.283. The number of carbonyl (C=O) groups is 2. The predicted octanol–water partition coefficient (Wildman–Crippen LogP) is 3.64. The summed E-state index contributed by atoms with van der Waals surface area (Å²) >= 11 is 3.23. The zero-order valence-corrected chi connectivity index (χ0v) is 14.7. The Hall–Kier alpha value is -2.21. The molecule has 1 aromatic carbocycles. The Morgan fingerprint density at radius 1 is 1.22 bits per heavy atom. The summed E-state index contributed by atoms with van der Waals surface area (Å²) in [6, 6.07) is 7.30. The van der Waals surface area contributed by atoms with Gasteiger partial charge in [0.25, 0.3) is 5.91 Å². The molecule has 6 heteroatoms. The van der Waals surface area contributed by atoms with Crippen molar-refractivity contribution in [1.82, 2.24) is 4.98 Å². The van der Waals surface area contributed by atoms with Crippen LogP contribution in [0.4, 0.5) is 5.69 Å². The van der Waals surface area contributed by atoms with Gasteiger partial charge in [-0.05, 0) is 54.4 Å². The molecule has 0 fully saturated rings. The van der Waals surface area contributed by atoms with Gasteiger partial charge in [0.1, 0.15) is 0 Å². The summed E-state index contributed by atoms with van der Waals surface area (Å²) in [5, 5.41) is 2.76. The van der Waals surface area contributed by atoms with E-state index in [-0.39, 0.29) is 11.5 Å². The molecule has 23 heavy (non-hydrogen) atoms. The van der Waals surface area contributed by atoms with Gasteiger partial charge in [-0.2, -0.15) is 0 Å². The lowest BCUT2D eigenvalue weighted by Gasteiger charge is -2.15. The van der Waals surface area contributed by atoms with E-state index in [0.29, 0.717) is 10.2 Å². The number of pyridine rings is 1. The second-order valence-corrected chi connectivity index (χ2v) is 6.16. The van der Waals surface area contributed by atoms with Gasteiger partial charge in [0.15, 0.2) is 6.10 Å². The quantitative estimate of drug-likeness (QED) is 0.826. The highest BCUT2D eigenvalue weighted by Gasteiger charge is 2.20. The van der Waals surface area contributed by atoms with E-state index in [1.165, 1.54) is 13.1 Å². The predicted molar refractivity (Wildman–Crippen MR) is 91.4 cm³/mol. The Balaban J connectivity index is 2.01. The third-order valence-corrected chi connectivity index (χ3v) is 3.67. The second kappa shape index (κ2) is 7.37. The minimum atomic E-state index is -0.915. The van der Waals surface area contributed by atoms with Crippen LogP contribution in [0.5, 0.6) is 0 Å². The van der Waals surface area contributed by atoms with Crippen molar-refractivity contribution in [2.24, 2.45) is 0 Å². The van der Waals surface area contributed by atoms with Crippen molar-refractivity contribution in [3.63, 3.8) is 0 Å². The van der Waals surface area contributed by atoms with E-state index in [2.05, 4.69) is 26.2 Å². The molecule has 120 valence electrons. The van der Waals surface area contributed by atoms with E-state index in [0.717, 1.165) is 11.1 Å². The third kappa shape index (κ3) is 4.63. The number of nitrogens with zero attached hydrogens (tertiary/aromatic N) is 1. The van der Waals surface area contributed by atoms with Crippen LogP contribution in [-0.4, -0.2) is 23.0 Å². The molecule has 0 aliphatic rings. The molecule has 0 spiro atoms. The first kappa shape index (κ1) is 17.1. The third-order valence-electron chi connectivity index (χ3n) is 3.23. The Kier molecular flexibility index (Phi) is 5.50. The first-order valence-electron chi connectivity index (χ1n) is 7.06. The fraction of sp³-hybridized carbons (Fsp3) is 0.235. The number of aryl methyl sites for hydroxylation is 2. The maximum absolute atomic E-state index is 12.2. The first-order valence-corrected chi connectivity index (χ1v) is 7.86. The number of carbonyl (C=O) groups excluding carboxylic acids is 2. The van der Waals surface area contributed by atoms with Crippen molar-refractivity contribution in [3.05, 3.63) is 57.8 Å². The average molecular weight is 377 g/mol. The van der Waals surface area contributed by atoms with E-state index in [4.69, 9.17) is 4.74 Å². The Labute approximate surface area is 143 Å². The monoisotopic (exact) mass is 376 g/mol. The van der Waals surface area contributed by atoms with Crippen molar-refractivity contribution in [2.75, 3.05) is 5.32 Å². The standard InChI is InChI=1S/C17H17BrN2O3/c1-10-4-5-15(11(2)6-10)20-16(21)12(3)23-17(22)13-7-14(18)9-19-8-13/h4-9,12H,1-3H3,(H,20,21). The summed E-state index contributed by atoms with van der Waals surface area (Å²) in [7, 11) is 0. The highest BCUT2D eigenvalue weighted by molar-refractivity contribution is 9.10. The molecule has 0 bridgehead atoms. The molecule has 2 rings (SSSR count). The van der Waals surface area contributed by atoms with Crippen LogP contribution in [0.25, 0.3) is 0 Å². The van der Waals surface area contributed by atoms with Gasteiger partial charge in [0, 0.05) is 22.6 Å². The number of rotatable bonds is 4. The molecule has 1 atom stereocenters. The van der Waals surface area contributed by atoms with E-state index in [1.807, 2.05) is 32.0 Å². The molecule has 1 aromatic heterocycles. The number of amides is 1. The topological polar surface area (TPSA) is 68.3 Å². The molecule has 0 radical (unpaired) electrons. The van der Waals surface area contributed by atoms with E-state index < -0.39 is 12.1 Å². The lowest BCUT2D eigenvalue weighted by Crippen LogP contribution is -2.30. The van der Waals surface area contributed by atoms with Crippen LogP contribution in [0.2, 0.25) is 0 Å². The SMILES string of the molecule is Cc1ccc(NC(=O)C(C)OC(=O)c2cncc(Br)c2)c(C)c1. The van der Waals surface area contributed by atoms with Crippen LogP contribution in [0.1, 0.15) is 28.4 Å². The van der Waals surface area contributed by atoms with Crippen molar-refractivity contribution >= 4 is 33.5 Å². The fourth-order valence-corrected chi connectivity index (χ4v) is 2.36. The van der Waals surface area contributed by atoms with Gasteiger partial charge in [-0.1, -0.05) is 17.7 Å². The highest BCUT2D eigenvalue weighted by atomic mass is 79.9. The van der Waals surface area contributed by atoms with Gasteiger partial charge < -0.3 is 10.1 Å². The van der Waals surface area contributed by atoms with Crippen molar-refractivity contribution in [2.45, 2.75) is 26.9 Å². The van der Waals surface area contributed by atoms with Crippen molar-refractivity contribution in [3.8, 4) is 0 Å². The highest BCUT2D eigenvalue weighted by Crippen LogP contribution is 2.17. The smallest absolute Gasteiger partial charge is 0.340 e. The Morgan fingerprint density at radius 3 is 2.61 bits per heavy atom. The molecule has 1 unspecified atom stereocenters. The molecule has 1 amide bonds. The number of aromatic nitrogens is 1. The number of ether oxygens (including phenoxy) is 1. The van der Waals surface area contributed by atoms with Gasteiger partial charge in [0.05, 0.1) is 5.56 Å². The van der Waals surface area contributed by atoms with Gasteiger partial charge in [0.2, 0.25) is 0 Å². The minimum Gasteiger partial charge on any atom is -0.449 e. The summed E-state index contributed by atoms with van der Waals surface area (Å²) < 4.78 is 5.84. The van der Waals surface area contributed by atoms with Crippen LogP contribution < -0.4 is 5.32 Å². The molecular weight excluding hydrogens is 360 g/mol. The molecule has 0 aliphatic heterocycles. The van der Waals surface area contributed by atoms with Crippen LogP contribution in [0, 0.1) is 13.8 Å². The van der Waals surface area contributed by atoms with E-state index >= 15 is 0 Å². The number of halogens is 1. The molecule has 0 aliphatic carbocycles. The summed E-state index contributed by atoms with van der Waals surface area (Å²) in [5.74, 6) is -0.977. The number of hydrogen-bond acceptors (Lipinski definition) is 4. The van der Waals surface area contributed by atoms with Crippen molar-refractivity contribution < 1.29 is 14.3 Å². The van der Waals surface area contributed by atoms with Gasteiger partial charge in [-0.3, -0.25) is 9.78 Å². The Morgan fingerprint density at radius 2 is 1.96 bits per heavy atom. The molecular formula is C17H17BrN2O3. The van der Waals surface area contributed by atoms with E-state index in [1.54, 1.807) is 12.3 Å². The second-order valence-electron chi connectivity index (χ2n) is 5.25. The fourth-order valence-electron chi connectivity index (χ4n) is 1.99. The van der Waals surface area contributed by atoms with E-state index in [9.17, 15) is 9.59 Å².